The second-order valence-corrected chi connectivity index (χ2v) is 6.47. The molecule has 0 bridgehead atoms. The highest BCUT2D eigenvalue weighted by atomic mass is 32.2. The lowest BCUT2D eigenvalue weighted by Crippen LogP contribution is -2.40. The number of amides is 2. The molecule has 0 saturated heterocycles. The van der Waals surface area contributed by atoms with Gasteiger partial charge in [0.05, 0.1) is 17.5 Å². The molecule has 0 heterocycles. The minimum atomic E-state index is -0.327. The Bertz CT molecular complexity index is 497. The zero-order valence-electron chi connectivity index (χ0n) is 13.0. The minimum absolute atomic E-state index is 0.0269. The molecule has 0 saturated carbocycles. The molecule has 0 aliphatic heterocycles. The summed E-state index contributed by atoms with van der Waals surface area (Å²) in [4.78, 5) is 25.4. The summed E-state index contributed by atoms with van der Waals surface area (Å²) in [7, 11) is 1.70. The van der Waals surface area contributed by atoms with Gasteiger partial charge in [-0.1, -0.05) is 12.1 Å². The van der Waals surface area contributed by atoms with Crippen LogP contribution in [0.15, 0.2) is 24.3 Å². The summed E-state index contributed by atoms with van der Waals surface area (Å²) >= 11 is 2.88. The van der Waals surface area contributed by atoms with Gasteiger partial charge >= 0.3 is 0 Å². The molecule has 0 fully saturated rings. The zero-order chi connectivity index (χ0) is 16.5. The number of nitrogens with zero attached hydrogens (tertiary/aromatic N) is 1. The fourth-order valence-corrected chi connectivity index (χ4v) is 2.77. The third kappa shape index (κ3) is 5.88. The quantitative estimate of drug-likeness (QED) is 0.785. The molecule has 4 nitrogen and oxygen atoms in total. The number of hydrogen-bond acceptors (Lipinski definition) is 4. The molecule has 0 aromatic heterocycles. The summed E-state index contributed by atoms with van der Waals surface area (Å²) < 4.78 is 13.1. The van der Waals surface area contributed by atoms with Gasteiger partial charge in [-0.25, -0.2) is 4.39 Å². The first-order chi connectivity index (χ1) is 10.5. The summed E-state index contributed by atoms with van der Waals surface area (Å²) in [5, 5.41) is 2.82. The largest absolute Gasteiger partial charge is 0.353 e. The number of benzene rings is 1. The Morgan fingerprint density at radius 1 is 1.18 bits per heavy atom. The van der Waals surface area contributed by atoms with Crippen molar-refractivity contribution in [2.24, 2.45) is 0 Å². The molecule has 1 aromatic carbocycles. The van der Waals surface area contributed by atoms with Gasteiger partial charge in [0, 0.05) is 13.6 Å². The van der Waals surface area contributed by atoms with Gasteiger partial charge in [-0.2, -0.15) is 23.5 Å². The van der Waals surface area contributed by atoms with Crippen LogP contribution in [0.5, 0.6) is 0 Å². The van der Waals surface area contributed by atoms with Crippen LogP contribution in [0.25, 0.3) is 0 Å². The third-order valence-corrected chi connectivity index (χ3v) is 4.24. The van der Waals surface area contributed by atoms with Crippen molar-refractivity contribution in [1.82, 2.24) is 10.2 Å². The molecule has 1 aromatic rings. The van der Waals surface area contributed by atoms with Crippen LogP contribution in [-0.4, -0.2) is 54.3 Å². The highest BCUT2D eigenvalue weighted by Gasteiger charge is 2.22. The van der Waals surface area contributed by atoms with E-state index in [2.05, 4.69) is 5.32 Å². The van der Waals surface area contributed by atoms with Gasteiger partial charge < -0.3 is 10.2 Å². The summed E-state index contributed by atoms with van der Waals surface area (Å²) in [6.45, 7) is 0.307. The summed E-state index contributed by atoms with van der Waals surface area (Å²) in [5.41, 5.74) is 0.794. The number of likely N-dealkylation sites (N-methyl/N-ethyl adjacent to an activating group) is 1. The molecular formula is C15H21FN2O2S2. The van der Waals surface area contributed by atoms with E-state index in [0.717, 1.165) is 5.56 Å². The fraction of sp³-hybridized carbons (Fsp3) is 0.467. The van der Waals surface area contributed by atoms with Gasteiger partial charge in [-0.3, -0.25) is 9.59 Å². The average Bonchev–Trinajstić information content (AvgIpc) is 2.49. The molecule has 1 atom stereocenters. The topological polar surface area (TPSA) is 49.4 Å². The summed E-state index contributed by atoms with van der Waals surface area (Å²) in [6.07, 6.45) is 3.71. The summed E-state index contributed by atoms with van der Waals surface area (Å²) in [6, 6.07) is 5.69. The second-order valence-electron chi connectivity index (χ2n) is 4.74. The maximum atomic E-state index is 13.1. The van der Waals surface area contributed by atoms with E-state index in [0.29, 0.717) is 18.1 Å². The first-order valence-electron chi connectivity index (χ1n) is 6.75. The van der Waals surface area contributed by atoms with Crippen molar-refractivity contribution in [3.05, 3.63) is 35.6 Å². The lowest BCUT2D eigenvalue weighted by Gasteiger charge is -2.29. The zero-order valence-corrected chi connectivity index (χ0v) is 14.6. The molecule has 7 heteroatoms. The smallest absolute Gasteiger partial charge is 0.232 e. The molecule has 0 radical (unpaired) electrons. The van der Waals surface area contributed by atoms with Gasteiger partial charge in [-0.05, 0) is 30.2 Å². The van der Waals surface area contributed by atoms with Crippen LogP contribution in [0.2, 0.25) is 0 Å². The molecule has 122 valence electrons. The van der Waals surface area contributed by atoms with Crippen molar-refractivity contribution in [2.45, 2.75) is 6.04 Å². The molecule has 1 N–H and O–H groups in total. The Balaban J connectivity index is 2.86. The van der Waals surface area contributed by atoms with Gasteiger partial charge in [-0.15, -0.1) is 0 Å². The standard InChI is InChI=1S/C15H21FN2O2S2/c1-18(15(20)10-22-3)13(8-17-14(19)9-21-2)11-4-6-12(16)7-5-11/h4-7,13H,8-10H2,1-3H3,(H,17,19). The number of carbonyl (C=O) groups excluding carboxylic acids is 2. The van der Waals surface area contributed by atoms with E-state index < -0.39 is 0 Å². The number of hydrogen-bond donors (Lipinski definition) is 1. The molecule has 22 heavy (non-hydrogen) atoms. The van der Waals surface area contributed by atoms with Gasteiger partial charge in [0.1, 0.15) is 5.82 Å². The maximum absolute atomic E-state index is 13.1. The van der Waals surface area contributed by atoms with Crippen LogP contribution in [0.4, 0.5) is 4.39 Å². The Kier molecular flexibility index (Phi) is 8.34. The SMILES string of the molecule is CSCC(=O)NCC(c1ccc(F)cc1)N(C)C(=O)CSC. The van der Waals surface area contributed by atoms with Gasteiger partial charge in [0.2, 0.25) is 11.8 Å². The van der Waals surface area contributed by atoms with Crippen LogP contribution >= 0.6 is 23.5 Å². The van der Waals surface area contributed by atoms with Crippen molar-refractivity contribution in [1.29, 1.82) is 0 Å². The first kappa shape index (κ1) is 18.8. The lowest BCUT2D eigenvalue weighted by molar-refractivity contribution is -0.130. The highest BCUT2D eigenvalue weighted by molar-refractivity contribution is 7.99. The van der Waals surface area contributed by atoms with Crippen LogP contribution in [0, 0.1) is 5.82 Å². The van der Waals surface area contributed by atoms with Crippen LogP contribution in [0.1, 0.15) is 11.6 Å². The predicted octanol–water partition coefficient (Wildman–Crippen LogP) is 2.17. The molecule has 1 unspecified atom stereocenters. The van der Waals surface area contributed by atoms with E-state index in [1.807, 2.05) is 12.5 Å². The van der Waals surface area contributed by atoms with E-state index in [1.165, 1.54) is 35.7 Å². The van der Waals surface area contributed by atoms with Crippen molar-refractivity contribution >= 4 is 35.3 Å². The van der Waals surface area contributed by atoms with Crippen molar-refractivity contribution in [3.63, 3.8) is 0 Å². The first-order valence-corrected chi connectivity index (χ1v) is 9.54. The Morgan fingerprint density at radius 2 is 1.77 bits per heavy atom. The molecule has 0 spiro atoms. The summed E-state index contributed by atoms with van der Waals surface area (Å²) in [5.74, 6) is 0.309. The number of rotatable bonds is 8. The fourth-order valence-electron chi connectivity index (χ4n) is 1.96. The van der Waals surface area contributed by atoms with E-state index >= 15 is 0 Å². The number of nitrogens with one attached hydrogen (secondary N) is 1. The van der Waals surface area contributed by atoms with Crippen LogP contribution < -0.4 is 5.32 Å². The number of carbonyl (C=O) groups is 2. The van der Waals surface area contributed by atoms with E-state index in [9.17, 15) is 14.0 Å². The lowest BCUT2D eigenvalue weighted by atomic mass is 10.1. The molecule has 0 aliphatic rings. The molecular weight excluding hydrogens is 323 g/mol. The minimum Gasteiger partial charge on any atom is -0.353 e. The Hall–Kier alpha value is -1.21. The van der Waals surface area contributed by atoms with Crippen molar-refractivity contribution in [2.75, 3.05) is 37.6 Å². The van der Waals surface area contributed by atoms with Crippen LogP contribution in [0.3, 0.4) is 0 Å². The number of thioether (sulfide) groups is 2. The van der Waals surface area contributed by atoms with E-state index in [1.54, 1.807) is 24.1 Å². The third-order valence-electron chi connectivity index (χ3n) is 3.15. The Morgan fingerprint density at radius 3 is 2.32 bits per heavy atom. The second kappa shape index (κ2) is 9.74. The van der Waals surface area contributed by atoms with Crippen molar-refractivity contribution in [3.8, 4) is 0 Å². The normalized spacial score (nSPS) is 11.8. The Labute approximate surface area is 139 Å². The molecule has 0 aliphatic carbocycles. The van der Waals surface area contributed by atoms with Gasteiger partial charge in [0.15, 0.2) is 0 Å². The maximum Gasteiger partial charge on any atom is 0.232 e. The van der Waals surface area contributed by atoms with E-state index in [-0.39, 0.29) is 23.7 Å². The number of halogens is 1. The predicted molar refractivity (Wildman–Crippen MR) is 91.7 cm³/mol. The van der Waals surface area contributed by atoms with E-state index in [4.69, 9.17) is 0 Å². The monoisotopic (exact) mass is 344 g/mol. The molecule has 2 amide bonds. The van der Waals surface area contributed by atoms with Crippen LogP contribution in [-0.2, 0) is 9.59 Å². The highest BCUT2D eigenvalue weighted by Crippen LogP contribution is 2.20. The molecule has 1 rings (SSSR count). The average molecular weight is 344 g/mol. The van der Waals surface area contributed by atoms with Crippen molar-refractivity contribution < 1.29 is 14.0 Å². The van der Waals surface area contributed by atoms with Gasteiger partial charge in [0.25, 0.3) is 0 Å².